The highest BCUT2D eigenvalue weighted by molar-refractivity contribution is 7.92. The summed E-state index contributed by atoms with van der Waals surface area (Å²) in [5, 5.41) is 18.0. The number of sulfone groups is 1. The van der Waals surface area contributed by atoms with Crippen LogP contribution in [0.2, 0.25) is 0 Å². The Hall–Kier alpha value is -1.58. The second-order valence-corrected chi connectivity index (χ2v) is 7.34. The predicted molar refractivity (Wildman–Crippen MR) is 74.1 cm³/mol. The summed E-state index contributed by atoms with van der Waals surface area (Å²) >= 11 is 0. The van der Waals surface area contributed by atoms with Crippen LogP contribution in [0.3, 0.4) is 0 Å². The number of methoxy groups -OCH3 is 1. The zero-order valence-electron chi connectivity index (χ0n) is 11.4. The fourth-order valence-corrected chi connectivity index (χ4v) is 4.76. The van der Waals surface area contributed by atoms with Crippen LogP contribution < -0.4 is 4.74 Å². The quantitative estimate of drug-likeness (QED) is 0.879. The lowest BCUT2D eigenvalue weighted by Crippen LogP contribution is -2.19. The molecule has 1 saturated carbocycles. The van der Waals surface area contributed by atoms with Gasteiger partial charge in [0.2, 0.25) is 0 Å². The van der Waals surface area contributed by atoms with E-state index >= 15 is 0 Å². The van der Waals surface area contributed by atoms with E-state index in [1.165, 1.54) is 0 Å². The first-order valence-corrected chi connectivity index (χ1v) is 8.06. The van der Waals surface area contributed by atoms with Gasteiger partial charge in [-0.15, -0.1) is 0 Å². The minimum absolute atomic E-state index is 0.0340. The molecule has 0 bridgehead atoms. The molecule has 20 heavy (non-hydrogen) atoms. The first-order valence-electron chi connectivity index (χ1n) is 6.34. The Bertz CT molecular complexity index is 632. The molecule has 2 rings (SSSR count). The zero-order chi connectivity index (χ0) is 15.0. The van der Waals surface area contributed by atoms with Gasteiger partial charge in [0.15, 0.2) is 9.84 Å². The molecule has 1 aromatic carbocycles. The molecule has 0 aromatic heterocycles. The lowest BCUT2D eigenvalue weighted by atomic mass is 10.0. The third-order valence-corrected chi connectivity index (χ3v) is 6.26. The average Bonchev–Trinajstić information content (AvgIpc) is 3.18. The summed E-state index contributed by atoms with van der Waals surface area (Å²) in [6.07, 6.45) is 0. The minimum Gasteiger partial charge on any atom is -0.497 e. The molecule has 0 radical (unpaired) electrons. The van der Waals surface area contributed by atoms with Crippen LogP contribution >= 0.6 is 0 Å². The van der Waals surface area contributed by atoms with Crippen LogP contribution in [0.25, 0.3) is 0 Å². The van der Waals surface area contributed by atoms with Crippen LogP contribution in [0, 0.1) is 16.7 Å². The smallest absolute Gasteiger partial charge is 0.155 e. The maximum Gasteiger partial charge on any atom is 0.155 e. The van der Waals surface area contributed by atoms with Gasteiger partial charge in [-0.1, -0.05) is 19.1 Å². The molecule has 1 aromatic rings. The molecule has 0 spiro atoms. The Morgan fingerprint density at radius 3 is 2.40 bits per heavy atom. The van der Waals surface area contributed by atoms with Crippen LogP contribution in [0.15, 0.2) is 24.3 Å². The van der Waals surface area contributed by atoms with E-state index in [1.54, 1.807) is 38.3 Å². The third kappa shape index (κ3) is 2.07. The number of benzene rings is 1. The molecule has 0 heterocycles. The number of rotatable bonds is 5. The highest BCUT2D eigenvalue weighted by Crippen LogP contribution is 2.62. The minimum atomic E-state index is -3.38. The van der Waals surface area contributed by atoms with E-state index in [0.717, 1.165) is 5.56 Å². The molecule has 0 saturated heterocycles. The lowest BCUT2D eigenvalue weighted by Gasteiger charge is -2.04. The van der Waals surface area contributed by atoms with Crippen LogP contribution in [-0.2, 0) is 9.84 Å². The van der Waals surface area contributed by atoms with Gasteiger partial charge in [-0.25, -0.2) is 8.42 Å². The summed E-state index contributed by atoms with van der Waals surface area (Å²) in [5.41, 5.74) is -0.480. The molecular weight excluding hydrogens is 278 g/mol. The molecule has 0 aliphatic heterocycles. The van der Waals surface area contributed by atoms with Crippen molar-refractivity contribution in [3.63, 3.8) is 0 Å². The van der Waals surface area contributed by atoms with Gasteiger partial charge in [0, 0.05) is 11.7 Å². The van der Waals surface area contributed by atoms with Crippen molar-refractivity contribution in [3.05, 3.63) is 29.8 Å². The van der Waals surface area contributed by atoms with Crippen molar-refractivity contribution >= 4 is 9.84 Å². The van der Waals surface area contributed by atoms with Crippen molar-refractivity contribution in [1.29, 1.82) is 5.26 Å². The summed E-state index contributed by atoms with van der Waals surface area (Å²) < 4.78 is 29.3. The van der Waals surface area contributed by atoms with Crippen molar-refractivity contribution < 1.29 is 18.3 Å². The fourth-order valence-electron chi connectivity index (χ4n) is 2.75. The van der Waals surface area contributed by atoms with Crippen LogP contribution in [0.4, 0.5) is 0 Å². The monoisotopic (exact) mass is 295 g/mol. The van der Waals surface area contributed by atoms with Gasteiger partial charge >= 0.3 is 0 Å². The maximum atomic E-state index is 12.1. The van der Waals surface area contributed by atoms with E-state index < -0.39 is 33.0 Å². The second kappa shape index (κ2) is 5.08. The normalized spacial score (nSPS) is 28.7. The topological polar surface area (TPSA) is 87.4 Å². The molecule has 6 heteroatoms. The largest absolute Gasteiger partial charge is 0.497 e. The van der Waals surface area contributed by atoms with Gasteiger partial charge < -0.3 is 9.84 Å². The highest BCUT2D eigenvalue weighted by atomic mass is 32.2. The predicted octanol–water partition coefficient (Wildman–Crippen LogP) is 1.10. The average molecular weight is 295 g/mol. The van der Waals surface area contributed by atoms with E-state index in [-0.39, 0.29) is 5.75 Å². The Kier molecular flexibility index (Phi) is 3.76. The molecular formula is C14H17NO4S. The molecule has 5 nitrogen and oxygen atoms in total. The standard InChI is InChI=1S/C14H17NO4S/c1-3-20(17,18)13-12(14(13,8-15)9-16)10-4-6-11(19-2)7-5-10/h4-7,12-13,16H,3,9H2,1-2H3/t12-,13-,14+/m1/s1. The van der Waals surface area contributed by atoms with E-state index in [9.17, 15) is 18.8 Å². The fraction of sp³-hybridized carbons (Fsp3) is 0.500. The van der Waals surface area contributed by atoms with Crippen LogP contribution in [0.5, 0.6) is 5.75 Å². The SMILES string of the molecule is CCS(=O)(=O)[C@@H]1[C@@H](c2ccc(OC)cc2)[C@]1(C#N)CO. The van der Waals surface area contributed by atoms with Gasteiger partial charge in [-0.05, 0) is 17.7 Å². The number of aliphatic hydroxyl groups is 1. The molecule has 108 valence electrons. The summed E-state index contributed by atoms with van der Waals surface area (Å²) in [6, 6.07) is 8.95. The number of hydrogen-bond acceptors (Lipinski definition) is 5. The number of aliphatic hydroxyl groups excluding tert-OH is 1. The van der Waals surface area contributed by atoms with Crippen LogP contribution in [-0.4, -0.2) is 38.2 Å². The number of nitrogens with zero attached hydrogens (tertiary/aromatic N) is 1. The first-order chi connectivity index (χ1) is 9.46. The van der Waals surface area contributed by atoms with Crippen LogP contribution in [0.1, 0.15) is 18.4 Å². The van der Waals surface area contributed by atoms with Gasteiger partial charge in [-0.3, -0.25) is 0 Å². The Morgan fingerprint density at radius 1 is 1.40 bits per heavy atom. The Balaban J connectivity index is 2.42. The van der Waals surface area contributed by atoms with E-state index in [1.807, 2.05) is 6.07 Å². The number of ether oxygens (including phenoxy) is 1. The summed E-state index contributed by atoms with van der Waals surface area (Å²) in [5.74, 6) is 0.150. The van der Waals surface area contributed by atoms with Gasteiger partial charge in [-0.2, -0.15) is 5.26 Å². The molecule has 1 fully saturated rings. The van der Waals surface area contributed by atoms with E-state index in [0.29, 0.717) is 5.75 Å². The lowest BCUT2D eigenvalue weighted by molar-refractivity contribution is 0.242. The number of hydrogen-bond donors (Lipinski definition) is 1. The van der Waals surface area contributed by atoms with Gasteiger partial charge in [0.25, 0.3) is 0 Å². The van der Waals surface area contributed by atoms with Crippen molar-refractivity contribution in [1.82, 2.24) is 0 Å². The summed E-state index contributed by atoms with van der Waals surface area (Å²) in [7, 11) is -1.84. The van der Waals surface area contributed by atoms with E-state index in [2.05, 4.69) is 0 Å². The molecule has 1 aliphatic carbocycles. The first kappa shape index (κ1) is 14.8. The summed E-state index contributed by atoms with van der Waals surface area (Å²) in [6.45, 7) is 1.10. The second-order valence-electron chi connectivity index (χ2n) is 4.93. The maximum absolute atomic E-state index is 12.1. The van der Waals surface area contributed by atoms with Crippen molar-refractivity contribution in [2.75, 3.05) is 19.5 Å². The Labute approximate surface area is 118 Å². The molecule has 1 N–H and O–H groups in total. The molecule has 3 atom stereocenters. The number of nitriles is 1. The van der Waals surface area contributed by atoms with Crippen molar-refractivity contribution in [2.45, 2.75) is 18.1 Å². The molecule has 0 unspecified atom stereocenters. The molecule has 1 aliphatic rings. The Morgan fingerprint density at radius 2 is 2.00 bits per heavy atom. The van der Waals surface area contributed by atoms with Gasteiger partial charge in [0.05, 0.1) is 25.0 Å². The van der Waals surface area contributed by atoms with E-state index in [4.69, 9.17) is 4.74 Å². The summed E-state index contributed by atoms with van der Waals surface area (Å²) in [4.78, 5) is 0. The van der Waals surface area contributed by atoms with Crippen molar-refractivity contribution in [3.8, 4) is 11.8 Å². The van der Waals surface area contributed by atoms with Crippen molar-refractivity contribution in [2.24, 2.45) is 5.41 Å². The highest BCUT2D eigenvalue weighted by Gasteiger charge is 2.71. The zero-order valence-corrected chi connectivity index (χ0v) is 12.2. The molecule has 0 amide bonds. The van der Waals surface area contributed by atoms with Gasteiger partial charge in [0.1, 0.15) is 11.2 Å². The third-order valence-electron chi connectivity index (χ3n) is 3.99.